The van der Waals surface area contributed by atoms with E-state index < -0.39 is 0 Å². The van der Waals surface area contributed by atoms with Gasteiger partial charge in [-0.3, -0.25) is 4.84 Å². The van der Waals surface area contributed by atoms with E-state index in [1.165, 1.54) is 10.2 Å². The molecule has 0 fully saturated rings. The smallest absolute Gasteiger partial charge is 0.132 e. The molecular weight excluding hydrogens is 249 g/mol. The van der Waals surface area contributed by atoms with E-state index in [1.807, 2.05) is 13.0 Å². The van der Waals surface area contributed by atoms with Crippen LogP contribution < -0.4 is 0 Å². The summed E-state index contributed by atoms with van der Waals surface area (Å²) >= 11 is 3.19. The average Bonchev–Trinajstić information content (AvgIpc) is 2.46. The van der Waals surface area contributed by atoms with Gasteiger partial charge in [-0.1, -0.05) is 12.1 Å². The fourth-order valence-electron chi connectivity index (χ4n) is 1.37. The second-order valence-electron chi connectivity index (χ2n) is 3.09. The van der Waals surface area contributed by atoms with E-state index in [0.29, 0.717) is 11.3 Å². The van der Waals surface area contributed by atoms with Crippen LogP contribution in [-0.4, -0.2) is 10.2 Å². The van der Waals surface area contributed by atoms with E-state index in [9.17, 15) is 4.39 Å². The number of benzene rings is 1. The van der Waals surface area contributed by atoms with E-state index in [-0.39, 0.29) is 11.9 Å². The van der Waals surface area contributed by atoms with Crippen LogP contribution in [0.4, 0.5) is 4.39 Å². The average molecular weight is 258 g/mol. The van der Waals surface area contributed by atoms with E-state index in [1.54, 1.807) is 18.2 Å². The lowest BCUT2D eigenvalue weighted by Crippen LogP contribution is -2.07. The van der Waals surface area contributed by atoms with Gasteiger partial charge in [0, 0.05) is 5.56 Å². The molecule has 1 atom stereocenters. The molecule has 4 heteroatoms. The molecule has 1 aromatic rings. The third kappa shape index (κ3) is 1.67. The third-order valence-corrected chi connectivity index (χ3v) is 2.54. The molecule has 1 aromatic carbocycles. The number of hydrogen-bond acceptors (Lipinski definition) is 2. The van der Waals surface area contributed by atoms with Crippen molar-refractivity contribution >= 4 is 21.8 Å². The van der Waals surface area contributed by atoms with Crippen molar-refractivity contribution in [2.24, 2.45) is 0 Å². The maximum absolute atomic E-state index is 13.4. The number of hydrogen-bond donors (Lipinski definition) is 0. The Kier molecular flexibility index (Phi) is 2.56. The highest BCUT2D eigenvalue weighted by Crippen LogP contribution is 2.31. The standard InChI is InChI=1S/C10H9BrFNO/c1-7-6-10(13(11)14-7)8-4-2-3-5-9(8)12/h2-7H,1H3. The minimum Gasteiger partial charge on any atom is -0.255 e. The molecule has 1 aliphatic rings. The van der Waals surface area contributed by atoms with Crippen LogP contribution >= 0.6 is 16.1 Å². The van der Waals surface area contributed by atoms with E-state index in [2.05, 4.69) is 16.1 Å². The van der Waals surface area contributed by atoms with Crippen molar-refractivity contribution in [3.8, 4) is 0 Å². The first-order chi connectivity index (χ1) is 6.68. The Morgan fingerprint density at radius 1 is 1.43 bits per heavy atom. The van der Waals surface area contributed by atoms with E-state index >= 15 is 0 Å². The van der Waals surface area contributed by atoms with Crippen LogP contribution in [0.25, 0.3) is 5.70 Å². The molecule has 1 aliphatic heterocycles. The monoisotopic (exact) mass is 257 g/mol. The van der Waals surface area contributed by atoms with Crippen molar-refractivity contribution < 1.29 is 9.23 Å². The molecule has 1 unspecified atom stereocenters. The fraction of sp³-hybridized carbons (Fsp3) is 0.200. The summed E-state index contributed by atoms with van der Waals surface area (Å²) in [7, 11) is 0. The highest BCUT2D eigenvalue weighted by Gasteiger charge is 2.22. The van der Waals surface area contributed by atoms with Gasteiger partial charge in [-0.05, 0) is 25.1 Å². The van der Waals surface area contributed by atoms with Gasteiger partial charge >= 0.3 is 0 Å². The van der Waals surface area contributed by atoms with Gasteiger partial charge in [0.15, 0.2) is 0 Å². The molecule has 14 heavy (non-hydrogen) atoms. The molecule has 0 radical (unpaired) electrons. The van der Waals surface area contributed by atoms with Crippen LogP contribution in [0.15, 0.2) is 30.3 Å². The van der Waals surface area contributed by atoms with Crippen LogP contribution in [-0.2, 0) is 4.84 Å². The summed E-state index contributed by atoms with van der Waals surface area (Å²) < 4.78 is 14.8. The molecular formula is C10H9BrFNO. The molecule has 0 amide bonds. The van der Waals surface area contributed by atoms with Gasteiger partial charge in [-0.15, -0.1) is 0 Å². The summed E-state index contributed by atoms with van der Waals surface area (Å²) in [6.07, 6.45) is 1.82. The van der Waals surface area contributed by atoms with E-state index in [0.717, 1.165) is 0 Å². The molecule has 0 aliphatic carbocycles. The van der Waals surface area contributed by atoms with Crippen LogP contribution in [0.5, 0.6) is 0 Å². The first kappa shape index (κ1) is 9.68. The van der Waals surface area contributed by atoms with Crippen LogP contribution in [0.2, 0.25) is 0 Å². The van der Waals surface area contributed by atoms with Gasteiger partial charge in [-0.25, -0.2) is 4.39 Å². The fourth-order valence-corrected chi connectivity index (χ4v) is 1.94. The number of halogens is 2. The normalized spacial score (nSPS) is 21.2. The van der Waals surface area contributed by atoms with Crippen molar-refractivity contribution in [1.29, 1.82) is 0 Å². The molecule has 2 nitrogen and oxygen atoms in total. The Morgan fingerprint density at radius 3 is 2.71 bits per heavy atom. The lowest BCUT2D eigenvalue weighted by molar-refractivity contribution is -0.0306. The summed E-state index contributed by atoms with van der Waals surface area (Å²) in [6.45, 7) is 1.89. The van der Waals surface area contributed by atoms with Crippen molar-refractivity contribution in [3.05, 3.63) is 41.7 Å². The minimum atomic E-state index is -0.249. The van der Waals surface area contributed by atoms with Gasteiger partial charge in [0.2, 0.25) is 0 Å². The molecule has 74 valence electrons. The van der Waals surface area contributed by atoms with Crippen LogP contribution in [0, 0.1) is 5.82 Å². The van der Waals surface area contributed by atoms with Gasteiger partial charge in [0.25, 0.3) is 0 Å². The van der Waals surface area contributed by atoms with Gasteiger partial charge < -0.3 is 0 Å². The molecule has 0 saturated carbocycles. The molecule has 1 heterocycles. The van der Waals surface area contributed by atoms with E-state index in [4.69, 9.17) is 4.84 Å². The Bertz CT molecular complexity index is 380. The Hall–Kier alpha value is -0.870. The molecule has 0 saturated heterocycles. The highest BCUT2D eigenvalue weighted by atomic mass is 79.9. The predicted molar refractivity (Wildman–Crippen MR) is 55.7 cm³/mol. The second-order valence-corrected chi connectivity index (χ2v) is 3.73. The maximum Gasteiger partial charge on any atom is 0.132 e. The predicted octanol–water partition coefficient (Wildman–Crippen LogP) is 3.11. The largest absolute Gasteiger partial charge is 0.255 e. The van der Waals surface area contributed by atoms with Gasteiger partial charge in [0.05, 0.1) is 21.8 Å². The second kappa shape index (κ2) is 3.71. The van der Waals surface area contributed by atoms with Crippen LogP contribution in [0.1, 0.15) is 12.5 Å². The zero-order chi connectivity index (χ0) is 10.1. The zero-order valence-corrected chi connectivity index (χ0v) is 9.16. The summed E-state index contributed by atoms with van der Waals surface area (Å²) in [5.74, 6) is -0.249. The zero-order valence-electron chi connectivity index (χ0n) is 7.58. The molecule has 0 bridgehead atoms. The topological polar surface area (TPSA) is 12.5 Å². The first-order valence-electron chi connectivity index (χ1n) is 4.28. The Balaban J connectivity index is 2.41. The maximum atomic E-state index is 13.4. The Morgan fingerprint density at radius 2 is 2.14 bits per heavy atom. The lowest BCUT2D eigenvalue weighted by atomic mass is 10.1. The quantitative estimate of drug-likeness (QED) is 0.717. The summed E-state index contributed by atoms with van der Waals surface area (Å²) in [5.41, 5.74) is 1.24. The highest BCUT2D eigenvalue weighted by molar-refractivity contribution is 9.07. The summed E-state index contributed by atoms with van der Waals surface area (Å²) in [4.78, 5) is 5.27. The number of rotatable bonds is 1. The summed E-state index contributed by atoms with van der Waals surface area (Å²) in [6, 6.07) is 6.61. The molecule has 0 aromatic heterocycles. The number of nitrogens with zero attached hydrogens (tertiary/aromatic N) is 1. The van der Waals surface area contributed by atoms with Crippen molar-refractivity contribution in [3.63, 3.8) is 0 Å². The first-order valence-corrected chi connectivity index (χ1v) is 4.99. The molecule has 2 rings (SSSR count). The molecule has 0 N–H and O–H groups in total. The van der Waals surface area contributed by atoms with Crippen LogP contribution in [0.3, 0.4) is 0 Å². The SMILES string of the molecule is CC1C=C(c2ccccc2F)N(Br)O1. The number of hydroxylamine groups is 1. The van der Waals surface area contributed by atoms with Gasteiger partial charge in [-0.2, -0.15) is 4.09 Å². The van der Waals surface area contributed by atoms with Gasteiger partial charge in [0.1, 0.15) is 11.9 Å². The van der Waals surface area contributed by atoms with Crippen molar-refractivity contribution in [1.82, 2.24) is 4.09 Å². The Labute approximate surface area is 90.3 Å². The van der Waals surface area contributed by atoms with Crippen molar-refractivity contribution in [2.75, 3.05) is 0 Å². The van der Waals surface area contributed by atoms with Crippen molar-refractivity contribution in [2.45, 2.75) is 13.0 Å². The minimum absolute atomic E-state index is 0.0380. The summed E-state index contributed by atoms with van der Waals surface area (Å²) in [5, 5.41) is 0. The lowest BCUT2D eigenvalue weighted by Gasteiger charge is -2.13. The third-order valence-electron chi connectivity index (χ3n) is 1.99. The molecule has 0 spiro atoms.